The van der Waals surface area contributed by atoms with Crippen molar-refractivity contribution >= 4 is 5.97 Å². The van der Waals surface area contributed by atoms with E-state index < -0.39 is 5.97 Å². The molecule has 4 nitrogen and oxygen atoms in total. The molecule has 0 saturated heterocycles. The summed E-state index contributed by atoms with van der Waals surface area (Å²) in [5.74, 6) is -0.197. The maximum absolute atomic E-state index is 10.5. The summed E-state index contributed by atoms with van der Waals surface area (Å²) in [4.78, 5) is 14.2. The molecule has 0 unspecified atom stereocenters. The van der Waals surface area contributed by atoms with Crippen molar-refractivity contribution in [3.05, 3.63) is 24.0 Å². The van der Waals surface area contributed by atoms with Gasteiger partial charge >= 0.3 is 5.97 Å². The zero-order chi connectivity index (χ0) is 8.97. The van der Waals surface area contributed by atoms with Gasteiger partial charge in [-0.3, -0.25) is 9.78 Å². The van der Waals surface area contributed by atoms with Crippen LogP contribution in [0.5, 0.6) is 5.75 Å². The van der Waals surface area contributed by atoms with E-state index >= 15 is 0 Å². The molecule has 1 heterocycles. The summed E-state index contributed by atoms with van der Waals surface area (Å²) in [6, 6.07) is 3.33. The fourth-order valence-electron chi connectivity index (χ4n) is 0.710. The van der Waals surface area contributed by atoms with Crippen molar-refractivity contribution in [2.45, 2.75) is 6.92 Å². The summed E-state index contributed by atoms with van der Waals surface area (Å²) in [5.41, 5.74) is 0.257. The number of aromatic nitrogens is 1. The number of hydrogen-bond acceptors (Lipinski definition) is 4. The third-order valence-corrected chi connectivity index (χ3v) is 1.16. The molecule has 1 rings (SSSR count). The second-order valence-electron chi connectivity index (χ2n) is 2.08. The van der Waals surface area contributed by atoms with Gasteiger partial charge in [0.05, 0.1) is 0 Å². The number of carbonyl (C=O) groups excluding carboxylic acids is 1. The van der Waals surface area contributed by atoms with Crippen molar-refractivity contribution in [1.82, 2.24) is 4.98 Å². The van der Waals surface area contributed by atoms with Gasteiger partial charge < -0.3 is 4.74 Å². The van der Waals surface area contributed by atoms with Gasteiger partial charge in [-0.05, 0) is 0 Å². The minimum atomic E-state index is -0.447. The number of hydrogen-bond donors (Lipinski definition) is 0. The van der Waals surface area contributed by atoms with E-state index in [4.69, 9.17) is 10.00 Å². The second kappa shape index (κ2) is 3.49. The molecule has 0 atom stereocenters. The highest BCUT2D eigenvalue weighted by Gasteiger charge is 2.03. The molecule has 0 spiro atoms. The van der Waals surface area contributed by atoms with Crippen LogP contribution in [0.2, 0.25) is 0 Å². The Morgan fingerprint density at radius 3 is 3.08 bits per heavy atom. The SMILES string of the molecule is CC(=O)Oc1ccncc1C#N. The molecule has 1 aromatic rings. The van der Waals surface area contributed by atoms with Crippen LogP contribution in [0, 0.1) is 11.3 Å². The number of rotatable bonds is 1. The highest BCUT2D eigenvalue weighted by molar-refractivity contribution is 5.70. The van der Waals surface area contributed by atoms with Crippen LogP contribution in [0.4, 0.5) is 0 Å². The Kier molecular flexibility index (Phi) is 2.38. The Labute approximate surface area is 69.4 Å². The van der Waals surface area contributed by atoms with E-state index in [2.05, 4.69) is 4.98 Å². The van der Waals surface area contributed by atoms with E-state index in [9.17, 15) is 4.79 Å². The van der Waals surface area contributed by atoms with Gasteiger partial charge in [-0.15, -0.1) is 0 Å². The predicted molar refractivity (Wildman–Crippen MR) is 40.3 cm³/mol. The van der Waals surface area contributed by atoms with Gasteiger partial charge in [-0.25, -0.2) is 0 Å². The van der Waals surface area contributed by atoms with E-state index in [1.54, 1.807) is 0 Å². The highest BCUT2D eigenvalue weighted by Crippen LogP contribution is 2.14. The smallest absolute Gasteiger partial charge is 0.308 e. The van der Waals surface area contributed by atoms with E-state index in [0.29, 0.717) is 0 Å². The first kappa shape index (κ1) is 8.21. The Balaban J connectivity index is 2.99. The van der Waals surface area contributed by atoms with E-state index in [1.165, 1.54) is 25.4 Å². The van der Waals surface area contributed by atoms with Crippen molar-refractivity contribution in [2.75, 3.05) is 0 Å². The molecule has 4 heteroatoms. The third-order valence-electron chi connectivity index (χ3n) is 1.16. The average Bonchev–Trinajstić information content (AvgIpc) is 2.04. The molecule has 0 aromatic carbocycles. The van der Waals surface area contributed by atoms with E-state index in [1.807, 2.05) is 6.07 Å². The molecule has 60 valence electrons. The minimum Gasteiger partial charge on any atom is -0.425 e. The van der Waals surface area contributed by atoms with Gasteiger partial charge in [-0.1, -0.05) is 0 Å². The molecule has 0 aliphatic carbocycles. The Hall–Kier alpha value is -1.89. The summed E-state index contributed by atoms with van der Waals surface area (Å²) >= 11 is 0. The van der Waals surface area contributed by atoms with Crippen molar-refractivity contribution in [3.63, 3.8) is 0 Å². The van der Waals surface area contributed by atoms with E-state index in [-0.39, 0.29) is 11.3 Å². The standard InChI is InChI=1S/C8H6N2O2/c1-6(11)12-8-2-3-10-5-7(8)4-9/h2-3,5H,1H3. The van der Waals surface area contributed by atoms with Crippen LogP contribution in [0.3, 0.4) is 0 Å². The summed E-state index contributed by atoms with van der Waals surface area (Å²) in [5, 5.41) is 8.55. The van der Waals surface area contributed by atoms with Gasteiger partial charge in [0.15, 0.2) is 5.75 Å². The predicted octanol–water partition coefficient (Wildman–Crippen LogP) is 0.879. The number of ether oxygens (including phenoxy) is 1. The van der Waals surface area contributed by atoms with Crippen LogP contribution in [-0.4, -0.2) is 11.0 Å². The first-order valence-corrected chi connectivity index (χ1v) is 3.26. The lowest BCUT2D eigenvalue weighted by Gasteiger charge is -2.00. The van der Waals surface area contributed by atoms with Crippen LogP contribution >= 0.6 is 0 Å². The summed E-state index contributed by atoms with van der Waals surface area (Å²) < 4.78 is 4.73. The largest absolute Gasteiger partial charge is 0.425 e. The Morgan fingerprint density at radius 1 is 1.75 bits per heavy atom. The first-order chi connectivity index (χ1) is 5.74. The normalized spacial score (nSPS) is 8.67. The topological polar surface area (TPSA) is 63.0 Å². The zero-order valence-electron chi connectivity index (χ0n) is 6.44. The van der Waals surface area contributed by atoms with Crippen molar-refractivity contribution in [3.8, 4) is 11.8 Å². The lowest BCUT2D eigenvalue weighted by atomic mass is 10.3. The monoisotopic (exact) mass is 162 g/mol. The fraction of sp³-hybridized carbons (Fsp3) is 0.125. The van der Waals surface area contributed by atoms with Gasteiger partial charge in [0.1, 0.15) is 11.6 Å². The fourth-order valence-corrected chi connectivity index (χ4v) is 0.710. The number of nitriles is 1. The summed E-state index contributed by atoms with van der Waals surface area (Å²) in [7, 11) is 0. The van der Waals surface area contributed by atoms with E-state index in [0.717, 1.165) is 0 Å². The molecule has 0 aliphatic rings. The second-order valence-corrected chi connectivity index (χ2v) is 2.08. The summed E-state index contributed by atoms with van der Waals surface area (Å²) in [6.45, 7) is 1.28. The molecular weight excluding hydrogens is 156 g/mol. The highest BCUT2D eigenvalue weighted by atomic mass is 16.5. The molecule has 0 bridgehead atoms. The molecule has 0 radical (unpaired) electrons. The van der Waals surface area contributed by atoms with Gasteiger partial charge in [0, 0.05) is 25.4 Å². The van der Waals surface area contributed by atoms with Gasteiger partial charge in [-0.2, -0.15) is 5.26 Å². The Bertz CT molecular complexity index is 341. The number of carbonyl (C=O) groups is 1. The lowest BCUT2D eigenvalue weighted by molar-refractivity contribution is -0.131. The summed E-state index contributed by atoms with van der Waals surface area (Å²) in [6.07, 6.45) is 2.80. The average molecular weight is 162 g/mol. The first-order valence-electron chi connectivity index (χ1n) is 3.26. The van der Waals surface area contributed by atoms with Crippen LogP contribution in [-0.2, 0) is 4.79 Å². The van der Waals surface area contributed by atoms with Crippen LogP contribution in [0.25, 0.3) is 0 Å². The van der Waals surface area contributed by atoms with Crippen LogP contribution in [0.15, 0.2) is 18.5 Å². The van der Waals surface area contributed by atoms with Crippen molar-refractivity contribution in [2.24, 2.45) is 0 Å². The van der Waals surface area contributed by atoms with Crippen LogP contribution in [0.1, 0.15) is 12.5 Å². The van der Waals surface area contributed by atoms with Gasteiger partial charge in [0.2, 0.25) is 0 Å². The molecular formula is C8H6N2O2. The minimum absolute atomic E-state index is 0.250. The number of esters is 1. The molecule has 0 N–H and O–H groups in total. The van der Waals surface area contributed by atoms with Gasteiger partial charge in [0.25, 0.3) is 0 Å². The molecule has 0 fully saturated rings. The van der Waals surface area contributed by atoms with Crippen molar-refractivity contribution in [1.29, 1.82) is 5.26 Å². The van der Waals surface area contributed by atoms with Crippen molar-refractivity contribution < 1.29 is 9.53 Å². The lowest BCUT2D eigenvalue weighted by Crippen LogP contribution is -2.02. The quantitative estimate of drug-likeness (QED) is 0.575. The molecule has 1 aromatic heterocycles. The molecule has 0 aliphatic heterocycles. The number of pyridine rings is 1. The Morgan fingerprint density at radius 2 is 2.50 bits per heavy atom. The zero-order valence-corrected chi connectivity index (χ0v) is 6.44. The third kappa shape index (κ3) is 1.80. The maximum atomic E-state index is 10.5. The number of nitrogens with zero attached hydrogens (tertiary/aromatic N) is 2. The molecule has 0 saturated carbocycles. The molecule has 0 amide bonds. The van der Waals surface area contributed by atoms with Crippen LogP contribution < -0.4 is 4.74 Å². The maximum Gasteiger partial charge on any atom is 0.308 e. The molecule has 12 heavy (non-hydrogen) atoms.